The number of nitrogens with zero attached hydrogens (tertiary/aromatic N) is 1. The fourth-order valence-corrected chi connectivity index (χ4v) is 4.28. The van der Waals surface area contributed by atoms with E-state index in [1.165, 1.54) is 12.1 Å². The molecule has 0 fully saturated rings. The molecule has 40 heavy (non-hydrogen) atoms. The molecule has 0 unspecified atom stereocenters. The number of aromatic amines is 1. The highest BCUT2D eigenvalue weighted by Gasteiger charge is 2.29. The lowest BCUT2D eigenvalue weighted by Gasteiger charge is -2.12. The van der Waals surface area contributed by atoms with Gasteiger partial charge in [0.2, 0.25) is 0 Å². The van der Waals surface area contributed by atoms with Crippen LogP contribution in [0.25, 0.3) is 22.4 Å². The summed E-state index contributed by atoms with van der Waals surface area (Å²) >= 11 is 11.7. The fraction of sp³-hybridized carbons (Fsp3) is 0.0690. The van der Waals surface area contributed by atoms with E-state index in [4.69, 9.17) is 28.6 Å². The zero-order valence-electron chi connectivity index (χ0n) is 20.6. The average Bonchev–Trinajstić information content (AvgIpc) is 3.37. The van der Waals surface area contributed by atoms with Crippen LogP contribution in [0.4, 0.5) is 18.9 Å². The number of para-hydroxylation sites is 2. The number of H-pyrrole nitrogens is 1. The van der Waals surface area contributed by atoms with Crippen molar-refractivity contribution in [3.8, 4) is 17.1 Å². The van der Waals surface area contributed by atoms with Gasteiger partial charge >= 0.3 is 6.18 Å². The Bertz CT molecular complexity index is 1650. The van der Waals surface area contributed by atoms with Crippen molar-refractivity contribution in [3.05, 3.63) is 113 Å². The van der Waals surface area contributed by atoms with Crippen molar-refractivity contribution in [2.75, 3.05) is 5.32 Å². The van der Waals surface area contributed by atoms with Crippen LogP contribution >= 0.6 is 23.8 Å². The number of imidazole rings is 1. The summed E-state index contributed by atoms with van der Waals surface area (Å²) in [5, 5.41) is 6.20. The maximum atomic E-state index is 12.7. The van der Waals surface area contributed by atoms with E-state index in [0.717, 1.165) is 23.2 Å². The van der Waals surface area contributed by atoms with E-state index in [1.54, 1.807) is 42.5 Å². The number of fused-ring (bicyclic) bond motifs is 1. The molecule has 4 aromatic carbocycles. The van der Waals surface area contributed by atoms with Crippen molar-refractivity contribution >= 4 is 51.6 Å². The predicted molar refractivity (Wildman–Crippen MR) is 152 cm³/mol. The van der Waals surface area contributed by atoms with E-state index in [9.17, 15) is 18.0 Å². The molecule has 1 heterocycles. The van der Waals surface area contributed by atoms with Crippen LogP contribution in [-0.2, 0) is 12.8 Å². The lowest BCUT2D eigenvalue weighted by atomic mass is 10.1. The molecule has 1 aromatic heterocycles. The summed E-state index contributed by atoms with van der Waals surface area (Å²) in [4.78, 5) is 20.5. The molecule has 0 aliphatic carbocycles. The Morgan fingerprint density at radius 1 is 0.975 bits per heavy atom. The minimum atomic E-state index is -4.39. The monoisotopic (exact) mass is 580 g/mol. The molecule has 3 N–H and O–H groups in total. The van der Waals surface area contributed by atoms with Crippen LogP contribution in [0.5, 0.6) is 5.75 Å². The molecule has 0 radical (unpaired) electrons. The number of alkyl halides is 3. The van der Waals surface area contributed by atoms with E-state index in [1.807, 2.05) is 24.3 Å². The van der Waals surface area contributed by atoms with Gasteiger partial charge in [0.15, 0.2) is 5.11 Å². The van der Waals surface area contributed by atoms with Crippen LogP contribution in [0.2, 0.25) is 5.02 Å². The third-order valence-corrected chi connectivity index (χ3v) is 6.43. The SMILES string of the molecule is O=C(NC(=S)Nc1ccc(Cl)c(-c2nc3ccccc3[nH]2)c1)c1ccc(OCc2ccc(C(F)(F)F)cc2)cc1. The molecule has 0 aliphatic heterocycles. The average molecular weight is 581 g/mol. The molecule has 5 aromatic rings. The van der Waals surface area contributed by atoms with E-state index in [-0.39, 0.29) is 11.7 Å². The quantitative estimate of drug-likeness (QED) is 0.180. The van der Waals surface area contributed by atoms with Gasteiger partial charge in [-0.25, -0.2) is 4.98 Å². The van der Waals surface area contributed by atoms with Crippen molar-refractivity contribution in [1.82, 2.24) is 15.3 Å². The molecule has 6 nitrogen and oxygen atoms in total. The summed E-state index contributed by atoms with van der Waals surface area (Å²) in [6.45, 7) is 0.0782. The summed E-state index contributed by atoms with van der Waals surface area (Å²) in [6.07, 6.45) is -4.39. The summed E-state index contributed by atoms with van der Waals surface area (Å²) < 4.78 is 43.7. The number of anilines is 1. The molecule has 5 rings (SSSR count). The highest BCUT2D eigenvalue weighted by molar-refractivity contribution is 7.80. The fourth-order valence-electron chi connectivity index (χ4n) is 3.86. The van der Waals surface area contributed by atoms with E-state index < -0.39 is 17.6 Å². The van der Waals surface area contributed by atoms with Gasteiger partial charge in [-0.15, -0.1) is 0 Å². The first-order valence-electron chi connectivity index (χ1n) is 11.9. The van der Waals surface area contributed by atoms with Gasteiger partial charge in [-0.3, -0.25) is 10.1 Å². The summed E-state index contributed by atoms with van der Waals surface area (Å²) in [5.41, 5.74) is 3.17. The summed E-state index contributed by atoms with van der Waals surface area (Å²) in [6, 6.07) is 23.9. The Morgan fingerprint density at radius 3 is 2.40 bits per heavy atom. The van der Waals surface area contributed by atoms with Crippen LogP contribution < -0.4 is 15.4 Å². The number of aromatic nitrogens is 2. The Labute approximate surface area is 237 Å². The molecule has 0 aliphatic rings. The number of rotatable bonds is 6. The van der Waals surface area contributed by atoms with Crippen molar-refractivity contribution < 1.29 is 22.7 Å². The summed E-state index contributed by atoms with van der Waals surface area (Å²) in [5.74, 6) is 0.625. The van der Waals surface area contributed by atoms with Gasteiger partial charge in [0.05, 0.1) is 21.6 Å². The van der Waals surface area contributed by atoms with Crippen LogP contribution in [0.1, 0.15) is 21.5 Å². The molecule has 0 saturated heterocycles. The van der Waals surface area contributed by atoms with Gasteiger partial charge in [-0.05, 0) is 84.5 Å². The second-order valence-corrected chi connectivity index (χ2v) is 9.53. The minimum absolute atomic E-state index is 0.0782. The van der Waals surface area contributed by atoms with Gasteiger partial charge < -0.3 is 15.0 Å². The number of nitrogens with one attached hydrogen (secondary N) is 3. The zero-order valence-corrected chi connectivity index (χ0v) is 22.1. The van der Waals surface area contributed by atoms with E-state index >= 15 is 0 Å². The molecule has 202 valence electrons. The molecular formula is C29H20ClF3N4O2S. The number of carbonyl (C=O) groups excluding carboxylic acids is 1. The van der Waals surface area contributed by atoms with Gasteiger partial charge in [-0.1, -0.05) is 35.9 Å². The predicted octanol–water partition coefficient (Wildman–Crippen LogP) is 7.61. The molecule has 1 amide bonds. The van der Waals surface area contributed by atoms with Gasteiger partial charge in [0.1, 0.15) is 18.2 Å². The largest absolute Gasteiger partial charge is 0.489 e. The Hall–Kier alpha value is -4.41. The maximum Gasteiger partial charge on any atom is 0.416 e. The van der Waals surface area contributed by atoms with Crippen LogP contribution in [-0.4, -0.2) is 21.0 Å². The second-order valence-electron chi connectivity index (χ2n) is 8.71. The standard InChI is InChI=1S/C29H20ClF3N4O2S/c30-23-14-11-20(15-22(23)26-35-24-3-1-2-4-25(24)36-26)34-28(40)37-27(38)18-7-12-21(13-8-18)39-16-17-5-9-19(10-6-17)29(31,32)33/h1-15H,16H2,(H,35,36)(H2,34,37,38,40). The first-order chi connectivity index (χ1) is 19.2. The van der Waals surface area contributed by atoms with Crippen molar-refractivity contribution in [3.63, 3.8) is 0 Å². The molecule has 0 saturated carbocycles. The molecule has 0 bridgehead atoms. The number of carbonyl (C=O) groups is 1. The smallest absolute Gasteiger partial charge is 0.416 e. The van der Waals surface area contributed by atoms with E-state index in [0.29, 0.717) is 39.0 Å². The number of benzene rings is 4. The van der Waals surface area contributed by atoms with Crippen LogP contribution in [0.3, 0.4) is 0 Å². The lowest BCUT2D eigenvalue weighted by Crippen LogP contribution is -2.34. The van der Waals surface area contributed by atoms with Crippen LogP contribution in [0.15, 0.2) is 91.0 Å². The van der Waals surface area contributed by atoms with Crippen molar-refractivity contribution in [1.29, 1.82) is 0 Å². The molecule has 0 spiro atoms. The highest BCUT2D eigenvalue weighted by atomic mass is 35.5. The van der Waals surface area contributed by atoms with Gasteiger partial charge in [-0.2, -0.15) is 13.2 Å². The van der Waals surface area contributed by atoms with Crippen molar-refractivity contribution in [2.45, 2.75) is 12.8 Å². The van der Waals surface area contributed by atoms with Gasteiger partial charge in [0, 0.05) is 16.8 Å². The summed E-state index contributed by atoms with van der Waals surface area (Å²) in [7, 11) is 0. The number of hydrogen-bond acceptors (Lipinski definition) is 4. The third kappa shape index (κ3) is 6.41. The number of halogens is 4. The molecular weight excluding hydrogens is 561 g/mol. The highest BCUT2D eigenvalue weighted by Crippen LogP contribution is 2.31. The zero-order chi connectivity index (χ0) is 28.3. The number of hydrogen-bond donors (Lipinski definition) is 3. The van der Waals surface area contributed by atoms with Crippen molar-refractivity contribution in [2.24, 2.45) is 0 Å². The first-order valence-corrected chi connectivity index (χ1v) is 12.7. The normalized spacial score (nSPS) is 11.3. The molecule has 11 heteroatoms. The van der Waals surface area contributed by atoms with E-state index in [2.05, 4.69) is 20.6 Å². The Kier molecular flexibility index (Phi) is 7.72. The topological polar surface area (TPSA) is 79.0 Å². The Morgan fingerprint density at radius 2 is 1.70 bits per heavy atom. The Balaban J connectivity index is 1.17. The second kappa shape index (κ2) is 11.4. The number of thiocarbonyl (C=S) groups is 1. The number of amides is 1. The first kappa shape index (κ1) is 27.2. The van der Waals surface area contributed by atoms with Crippen LogP contribution in [0, 0.1) is 0 Å². The third-order valence-electron chi connectivity index (χ3n) is 5.90. The number of ether oxygens (including phenoxy) is 1. The van der Waals surface area contributed by atoms with Gasteiger partial charge in [0.25, 0.3) is 5.91 Å². The molecule has 0 atom stereocenters. The lowest BCUT2D eigenvalue weighted by molar-refractivity contribution is -0.137. The minimum Gasteiger partial charge on any atom is -0.489 e. The maximum absolute atomic E-state index is 12.7.